The molecule has 0 aliphatic carbocycles. The molecule has 1 amide bonds. The number of rotatable bonds is 4. The van der Waals surface area contributed by atoms with Crippen molar-refractivity contribution in [3.05, 3.63) is 0 Å². The van der Waals surface area contributed by atoms with Gasteiger partial charge in [0.2, 0.25) is 5.91 Å². The molecule has 1 heterocycles. The fourth-order valence-electron chi connectivity index (χ4n) is 1.71. The molecule has 1 saturated heterocycles. The Morgan fingerprint density at radius 3 is 2.60 bits per heavy atom. The lowest BCUT2D eigenvalue weighted by Crippen LogP contribution is -2.35. The Morgan fingerprint density at radius 1 is 1.33 bits per heavy atom. The van der Waals surface area contributed by atoms with E-state index in [2.05, 4.69) is 4.99 Å². The van der Waals surface area contributed by atoms with Crippen LogP contribution in [0.3, 0.4) is 0 Å². The number of piperidine rings is 1. The summed E-state index contributed by atoms with van der Waals surface area (Å²) >= 11 is 0. The van der Waals surface area contributed by atoms with Crippen molar-refractivity contribution < 1.29 is 4.79 Å². The third kappa shape index (κ3) is 4.32. The Morgan fingerprint density at radius 2 is 2.00 bits per heavy atom. The van der Waals surface area contributed by atoms with Crippen LogP contribution < -0.4 is 5.73 Å². The normalized spacial score (nSPS) is 17.9. The SMILES string of the molecule is CCC(N)=NCCC(=O)N1CCCCC1. The minimum atomic E-state index is 0.224. The Bertz CT molecular complexity index is 232. The van der Waals surface area contributed by atoms with Crippen molar-refractivity contribution in [1.82, 2.24) is 4.90 Å². The molecule has 0 aromatic heterocycles. The number of nitrogens with two attached hydrogens (primary N) is 1. The molecule has 86 valence electrons. The van der Waals surface area contributed by atoms with Gasteiger partial charge >= 0.3 is 0 Å². The molecule has 4 nitrogen and oxygen atoms in total. The van der Waals surface area contributed by atoms with Crippen LogP contribution in [0.4, 0.5) is 0 Å². The average molecular weight is 211 g/mol. The Kier molecular flexibility index (Phi) is 5.15. The minimum absolute atomic E-state index is 0.224. The number of aliphatic imine (C=N–C) groups is 1. The van der Waals surface area contributed by atoms with Gasteiger partial charge in [0, 0.05) is 32.5 Å². The van der Waals surface area contributed by atoms with Gasteiger partial charge in [0.1, 0.15) is 0 Å². The zero-order chi connectivity index (χ0) is 11.1. The number of likely N-dealkylation sites (tertiary alicyclic amines) is 1. The second-order valence-corrected chi connectivity index (χ2v) is 3.92. The van der Waals surface area contributed by atoms with E-state index in [4.69, 9.17) is 5.73 Å². The minimum Gasteiger partial charge on any atom is -0.387 e. The van der Waals surface area contributed by atoms with Gasteiger partial charge in [0.15, 0.2) is 0 Å². The van der Waals surface area contributed by atoms with Crippen molar-refractivity contribution in [3.8, 4) is 0 Å². The number of hydrogen-bond donors (Lipinski definition) is 1. The summed E-state index contributed by atoms with van der Waals surface area (Å²) in [6.07, 6.45) is 4.81. The lowest BCUT2D eigenvalue weighted by Gasteiger charge is -2.26. The maximum atomic E-state index is 11.7. The first-order valence-electron chi connectivity index (χ1n) is 5.80. The molecular weight excluding hydrogens is 190 g/mol. The quantitative estimate of drug-likeness (QED) is 0.560. The van der Waals surface area contributed by atoms with Crippen LogP contribution in [0, 0.1) is 0 Å². The summed E-state index contributed by atoms with van der Waals surface area (Å²) in [5.74, 6) is 0.865. The van der Waals surface area contributed by atoms with E-state index in [1.165, 1.54) is 6.42 Å². The molecule has 1 aliphatic rings. The molecule has 0 aromatic carbocycles. The summed E-state index contributed by atoms with van der Waals surface area (Å²) in [6, 6.07) is 0. The molecule has 0 radical (unpaired) electrons. The average Bonchev–Trinajstić information content (AvgIpc) is 2.29. The smallest absolute Gasteiger partial charge is 0.224 e. The Labute approximate surface area is 91.5 Å². The largest absolute Gasteiger partial charge is 0.387 e. The van der Waals surface area contributed by atoms with E-state index in [1.807, 2.05) is 11.8 Å². The molecular formula is C11H21N3O. The van der Waals surface area contributed by atoms with Crippen molar-refractivity contribution in [2.45, 2.75) is 39.0 Å². The molecule has 1 fully saturated rings. The van der Waals surface area contributed by atoms with Crippen LogP contribution in [0.1, 0.15) is 39.0 Å². The third-order valence-electron chi connectivity index (χ3n) is 2.71. The fraction of sp³-hybridized carbons (Fsp3) is 0.818. The highest BCUT2D eigenvalue weighted by atomic mass is 16.2. The van der Waals surface area contributed by atoms with E-state index in [9.17, 15) is 4.79 Å². The highest BCUT2D eigenvalue weighted by Gasteiger charge is 2.15. The van der Waals surface area contributed by atoms with Gasteiger partial charge in [-0.1, -0.05) is 6.92 Å². The van der Waals surface area contributed by atoms with E-state index in [0.29, 0.717) is 18.8 Å². The predicted molar refractivity (Wildman–Crippen MR) is 61.8 cm³/mol. The molecule has 1 rings (SSSR count). The van der Waals surface area contributed by atoms with Crippen LogP contribution in [0.15, 0.2) is 4.99 Å². The van der Waals surface area contributed by atoms with Gasteiger partial charge in [-0.05, 0) is 19.3 Å². The van der Waals surface area contributed by atoms with Gasteiger partial charge in [-0.25, -0.2) is 0 Å². The molecule has 0 unspecified atom stereocenters. The van der Waals surface area contributed by atoms with Crippen LogP contribution in [0.2, 0.25) is 0 Å². The number of amidine groups is 1. The third-order valence-corrected chi connectivity index (χ3v) is 2.71. The first-order valence-corrected chi connectivity index (χ1v) is 5.80. The Balaban J connectivity index is 2.23. The zero-order valence-corrected chi connectivity index (χ0v) is 9.54. The topological polar surface area (TPSA) is 58.7 Å². The number of carbonyl (C=O) groups is 1. The van der Waals surface area contributed by atoms with Crippen LogP contribution in [0.25, 0.3) is 0 Å². The van der Waals surface area contributed by atoms with Gasteiger partial charge in [-0.15, -0.1) is 0 Å². The maximum Gasteiger partial charge on any atom is 0.224 e. The van der Waals surface area contributed by atoms with Gasteiger partial charge in [-0.2, -0.15) is 0 Å². The summed E-state index contributed by atoms with van der Waals surface area (Å²) in [7, 11) is 0. The molecule has 0 atom stereocenters. The molecule has 0 saturated carbocycles. The lowest BCUT2D eigenvalue weighted by molar-refractivity contribution is -0.131. The number of amides is 1. The Hall–Kier alpha value is -1.06. The van der Waals surface area contributed by atoms with Gasteiger partial charge in [0.25, 0.3) is 0 Å². The van der Waals surface area contributed by atoms with Gasteiger partial charge < -0.3 is 10.6 Å². The second-order valence-electron chi connectivity index (χ2n) is 3.92. The second kappa shape index (κ2) is 6.43. The number of carbonyl (C=O) groups excluding carboxylic acids is 1. The lowest BCUT2D eigenvalue weighted by atomic mass is 10.1. The molecule has 1 aliphatic heterocycles. The van der Waals surface area contributed by atoms with Crippen molar-refractivity contribution in [1.29, 1.82) is 0 Å². The van der Waals surface area contributed by atoms with Crippen molar-refractivity contribution in [3.63, 3.8) is 0 Å². The summed E-state index contributed by atoms with van der Waals surface area (Å²) in [6.45, 7) is 4.35. The summed E-state index contributed by atoms with van der Waals surface area (Å²) < 4.78 is 0. The summed E-state index contributed by atoms with van der Waals surface area (Å²) in [4.78, 5) is 17.8. The van der Waals surface area contributed by atoms with E-state index < -0.39 is 0 Å². The van der Waals surface area contributed by atoms with Crippen LogP contribution in [-0.2, 0) is 4.79 Å². The van der Waals surface area contributed by atoms with Crippen LogP contribution in [0.5, 0.6) is 0 Å². The van der Waals surface area contributed by atoms with Crippen molar-refractivity contribution in [2.75, 3.05) is 19.6 Å². The van der Waals surface area contributed by atoms with Crippen LogP contribution >= 0.6 is 0 Å². The summed E-state index contributed by atoms with van der Waals surface area (Å²) in [5.41, 5.74) is 5.56. The van der Waals surface area contributed by atoms with Gasteiger partial charge in [-0.3, -0.25) is 9.79 Å². The van der Waals surface area contributed by atoms with Crippen molar-refractivity contribution in [2.24, 2.45) is 10.7 Å². The first-order chi connectivity index (χ1) is 7.24. The van der Waals surface area contributed by atoms with E-state index in [0.717, 1.165) is 32.4 Å². The first kappa shape index (κ1) is 12.0. The highest BCUT2D eigenvalue weighted by molar-refractivity contribution is 5.81. The van der Waals surface area contributed by atoms with Crippen LogP contribution in [-0.4, -0.2) is 36.3 Å². The van der Waals surface area contributed by atoms with E-state index >= 15 is 0 Å². The molecule has 0 bridgehead atoms. The van der Waals surface area contributed by atoms with E-state index in [-0.39, 0.29) is 5.91 Å². The van der Waals surface area contributed by atoms with Crippen molar-refractivity contribution >= 4 is 11.7 Å². The predicted octanol–water partition coefficient (Wildman–Crippen LogP) is 1.16. The molecule has 0 spiro atoms. The standard InChI is InChI=1S/C11H21N3O/c1-2-10(12)13-7-6-11(15)14-8-4-3-5-9-14/h2-9H2,1H3,(H2,12,13). The fourth-order valence-corrected chi connectivity index (χ4v) is 1.71. The molecule has 0 aromatic rings. The number of hydrogen-bond acceptors (Lipinski definition) is 2. The highest BCUT2D eigenvalue weighted by Crippen LogP contribution is 2.09. The molecule has 15 heavy (non-hydrogen) atoms. The maximum absolute atomic E-state index is 11.7. The molecule has 4 heteroatoms. The zero-order valence-electron chi connectivity index (χ0n) is 9.54. The summed E-state index contributed by atoms with van der Waals surface area (Å²) in [5, 5.41) is 0. The van der Waals surface area contributed by atoms with E-state index in [1.54, 1.807) is 0 Å². The molecule has 2 N–H and O–H groups in total. The number of nitrogens with zero attached hydrogens (tertiary/aromatic N) is 2. The van der Waals surface area contributed by atoms with Gasteiger partial charge in [0.05, 0.1) is 5.84 Å². The monoisotopic (exact) mass is 211 g/mol.